The summed E-state index contributed by atoms with van der Waals surface area (Å²) in [5.74, 6) is -0.0741. The monoisotopic (exact) mass is 319 g/mol. The van der Waals surface area contributed by atoms with E-state index in [9.17, 15) is 4.79 Å². The molecular formula is C17H15Cl2NO. The number of amides is 1. The van der Waals surface area contributed by atoms with Gasteiger partial charge in [0, 0.05) is 12.6 Å². The molecular weight excluding hydrogens is 305 g/mol. The van der Waals surface area contributed by atoms with Gasteiger partial charge in [0.25, 0.3) is 0 Å². The maximum Gasteiger partial charge on any atom is 0.224 e. The molecule has 0 aromatic heterocycles. The molecule has 0 aliphatic rings. The third-order valence-electron chi connectivity index (χ3n) is 3.14. The van der Waals surface area contributed by atoms with Gasteiger partial charge in [0.1, 0.15) is 0 Å². The number of hydrogen-bond donors (Lipinski definition) is 0. The van der Waals surface area contributed by atoms with Crippen molar-refractivity contribution in [1.82, 2.24) is 4.90 Å². The average molecular weight is 320 g/mol. The van der Waals surface area contributed by atoms with Crippen LogP contribution in [0.2, 0.25) is 10.0 Å². The molecule has 2 nitrogen and oxygen atoms in total. The van der Waals surface area contributed by atoms with Crippen molar-refractivity contribution in [3.8, 4) is 0 Å². The lowest BCUT2D eigenvalue weighted by atomic mass is 10.1. The van der Waals surface area contributed by atoms with Gasteiger partial charge < -0.3 is 4.90 Å². The molecule has 0 saturated carbocycles. The van der Waals surface area contributed by atoms with Crippen LogP contribution in [0.5, 0.6) is 0 Å². The number of benzene rings is 2. The zero-order chi connectivity index (χ0) is 15.4. The molecule has 1 amide bonds. The Balaban J connectivity index is 2.27. The summed E-state index contributed by atoms with van der Waals surface area (Å²) >= 11 is 11.9. The lowest BCUT2D eigenvalue weighted by Crippen LogP contribution is -2.26. The minimum Gasteiger partial charge on any atom is -0.308 e. The van der Waals surface area contributed by atoms with Crippen LogP contribution < -0.4 is 0 Å². The Labute approximate surface area is 134 Å². The highest BCUT2D eigenvalue weighted by Gasteiger charge is 2.15. The molecule has 2 aromatic carbocycles. The number of hydrogen-bond acceptors (Lipinski definition) is 1. The van der Waals surface area contributed by atoms with E-state index in [-0.39, 0.29) is 5.91 Å². The molecule has 0 radical (unpaired) electrons. The van der Waals surface area contributed by atoms with E-state index in [1.807, 2.05) is 30.3 Å². The van der Waals surface area contributed by atoms with E-state index in [1.54, 1.807) is 23.1 Å². The van der Waals surface area contributed by atoms with E-state index in [4.69, 9.17) is 23.2 Å². The number of carbonyl (C=O) groups excluding carboxylic acids is 1. The quantitative estimate of drug-likeness (QED) is 0.775. The first kappa shape index (κ1) is 15.6. The minimum absolute atomic E-state index is 0.0741. The predicted octanol–water partition coefficient (Wildman–Crippen LogP) is 5.01. The summed E-state index contributed by atoms with van der Waals surface area (Å²) < 4.78 is 0. The van der Waals surface area contributed by atoms with Crippen LogP contribution in [0, 0.1) is 0 Å². The van der Waals surface area contributed by atoms with E-state index in [0.29, 0.717) is 22.3 Å². The van der Waals surface area contributed by atoms with Crippen molar-refractivity contribution in [2.75, 3.05) is 0 Å². The van der Waals surface area contributed by atoms with Gasteiger partial charge in [-0.3, -0.25) is 4.79 Å². The van der Waals surface area contributed by atoms with Crippen molar-refractivity contribution in [3.63, 3.8) is 0 Å². The molecule has 0 unspecified atom stereocenters. The van der Waals surface area contributed by atoms with Crippen LogP contribution >= 0.6 is 23.2 Å². The summed E-state index contributed by atoms with van der Waals surface area (Å²) in [6, 6.07) is 15.0. The van der Waals surface area contributed by atoms with Crippen molar-refractivity contribution in [2.24, 2.45) is 0 Å². The van der Waals surface area contributed by atoms with Crippen molar-refractivity contribution in [1.29, 1.82) is 0 Å². The molecule has 0 atom stereocenters. The third-order valence-corrected chi connectivity index (χ3v) is 3.88. The van der Waals surface area contributed by atoms with Crippen LogP contribution in [0.3, 0.4) is 0 Å². The topological polar surface area (TPSA) is 20.3 Å². The Bertz CT molecular complexity index is 668. The van der Waals surface area contributed by atoms with Crippen molar-refractivity contribution >= 4 is 34.8 Å². The first-order valence-electron chi connectivity index (χ1n) is 6.45. The van der Waals surface area contributed by atoms with Crippen LogP contribution in [0.25, 0.3) is 5.70 Å². The van der Waals surface area contributed by atoms with E-state index in [0.717, 1.165) is 11.1 Å². The predicted molar refractivity (Wildman–Crippen MR) is 88.2 cm³/mol. The first-order valence-corrected chi connectivity index (χ1v) is 7.21. The normalized spacial score (nSPS) is 10.2. The fraction of sp³-hybridized carbons (Fsp3) is 0.118. The molecule has 0 spiro atoms. The summed E-state index contributed by atoms with van der Waals surface area (Å²) in [4.78, 5) is 13.5. The van der Waals surface area contributed by atoms with Gasteiger partial charge in [-0.25, -0.2) is 0 Å². The van der Waals surface area contributed by atoms with Gasteiger partial charge in [-0.15, -0.1) is 0 Å². The second kappa shape index (κ2) is 6.79. The highest BCUT2D eigenvalue weighted by atomic mass is 35.5. The lowest BCUT2D eigenvalue weighted by Gasteiger charge is -2.24. The second-order valence-corrected chi connectivity index (χ2v) is 5.48. The van der Waals surface area contributed by atoms with Crippen molar-refractivity contribution < 1.29 is 4.79 Å². The van der Waals surface area contributed by atoms with Crippen molar-refractivity contribution in [3.05, 3.63) is 76.3 Å². The smallest absolute Gasteiger partial charge is 0.224 e. The molecule has 108 valence electrons. The van der Waals surface area contributed by atoms with E-state index >= 15 is 0 Å². The molecule has 0 N–H and O–H groups in total. The van der Waals surface area contributed by atoms with Crippen molar-refractivity contribution in [2.45, 2.75) is 13.5 Å². The van der Waals surface area contributed by atoms with Gasteiger partial charge in [0.05, 0.1) is 16.6 Å². The number of rotatable bonds is 4. The Kier molecular flexibility index (Phi) is 5.05. The average Bonchev–Trinajstić information content (AvgIpc) is 2.47. The fourth-order valence-corrected chi connectivity index (χ4v) is 2.29. The van der Waals surface area contributed by atoms with Gasteiger partial charge in [-0.05, 0) is 23.3 Å². The maximum absolute atomic E-state index is 11.9. The molecule has 0 saturated heterocycles. The Morgan fingerprint density at radius 3 is 2.33 bits per heavy atom. The van der Waals surface area contributed by atoms with E-state index < -0.39 is 0 Å². The molecule has 0 bridgehead atoms. The highest BCUT2D eigenvalue weighted by molar-refractivity contribution is 6.42. The zero-order valence-electron chi connectivity index (χ0n) is 11.6. The fourth-order valence-electron chi connectivity index (χ4n) is 1.99. The van der Waals surface area contributed by atoms with Crippen LogP contribution in [0.1, 0.15) is 18.1 Å². The molecule has 2 rings (SSSR count). The van der Waals surface area contributed by atoms with Gasteiger partial charge in [0.15, 0.2) is 0 Å². The highest BCUT2D eigenvalue weighted by Crippen LogP contribution is 2.27. The molecule has 4 heteroatoms. The lowest BCUT2D eigenvalue weighted by molar-refractivity contribution is -0.126. The summed E-state index contributed by atoms with van der Waals surface area (Å²) in [6.07, 6.45) is 0. The number of carbonyl (C=O) groups is 1. The Hall–Kier alpha value is -1.77. The molecule has 0 heterocycles. The summed E-state index contributed by atoms with van der Waals surface area (Å²) in [5.41, 5.74) is 2.41. The summed E-state index contributed by atoms with van der Waals surface area (Å²) in [5, 5.41) is 0.921. The third kappa shape index (κ3) is 3.87. The largest absolute Gasteiger partial charge is 0.308 e. The van der Waals surface area contributed by atoms with Gasteiger partial charge in [-0.2, -0.15) is 0 Å². The Morgan fingerprint density at radius 2 is 1.76 bits per heavy atom. The van der Waals surface area contributed by atoms with E-state index in [2.05, 4.69) is 6.58 Å². The van der Waals surface area contributed by atoms with Gasteiger partial charge in [-0.1, -0.05) is 66.2 Å². The Morgan fingerprint density at radius 1 is 1.10 bits per heavy atom. The zero-order valence-corrected chi connectivity index (χ0v) is 13.2. The van der Waals surface area contributed by atoms with Crippen LogP contribution in [-0.2, 0) is 11.3 Å². The number of halogens is 2. The van der Waals surface area contributed by atoms with E-state index in [1.165, 1.54) is 6.92 Å². The number of nitrogens with zero attached hydrogens (tertiary/aromatic N) is 1. The summed E-state index contributed by atoms with van der Waals surface area (Å²) in [7, 11) is 0. The molecule has 0 aliphatic heterocycles. The molecule has 0 aliphatic carbocycles. The van der Waals surface area contributed by atoms with Gasteiger partial charge in [0.2, 0.25) is 5.91 Å². The molecule has 21 heavy (non-hydrogen) atoms. The van der Waals surface area contributed by atoms with Crippen LogP contribution in [0.15, 0.2) is 55.1 Å². The van der Waals surface area contributed by atoms with Crippen LogP contribution in [0.4, 0.5) is 0 Å². The minimum atomic E-state index is -0.0741. The summed E-state index contributed by atoms with van der Waals surface area (Å²) in [6.45, 7) is 6.00. The first-order chi connectivity index (χ1) is 9.99. The van der Waals surface area contributed by atoms with Crippen LogP contribution in [-0.4, -0.2) is 10.8 Å². The van der Waals surface area contributed by atoms with Gasteiger partial charge >= 0.3 is 0 Å². The molecule has 0 fully saturated rings. The SMILES string of the molecule is C=C(c1ccc(Cl)c(Cl)c1)N(Cc1ccccc1)C(C)=O. The molecule has 2 aromatic rings. The standard InChI is InChI=1S/C17H15Cl2NO/c1-12(15-8-9-16(18)17(19)10-15)20(13(2)21)11-14-6-4-3-5-7-14/h3-10H,1,11H2,2H3. The maximum atomic E-state index is 11.9. The second-order valence-electron chi connectivity index (χ2n) is 4.67.